The van der Waals surface area contributed by atoms with Crippen LogP contribution in [0.3, 0.4) is 0 Å². The lowest BCUT2D eigenvalue weighted by Crippen LogP contribution is -2.79. The molecule has 5 heterocycles. The molecule has 0 radical (unpaired) electrons. The Morgan fingerprint density at radius 2 is 1.67 bits per heavy atom. The molecule has 9 unspecified atom stereocenters. The molecule has 23 heteroatoms. The van der Waals surface area contributed by atoms with Crippen LogP contribution in [0.2, 0.25) is 0 Å². The third-order valence-electron chi connectivity index (χ3n) is 12.9. The molecule has 3 aliphatic carbocycles. The van der Waals surface area contributed by atoms with E-state index in [4.69, 9.17) is 28.5 Å². The molecule has 9 atom stereocenters. The molecule has 0 amide bonds. The van der Waals surface area contributed by atoms with E-state index in [1.165, 1.54) is 13.4 Å². The SMILES string of the molecule is COC(=O)C(C)=CCC12OC(C)(C)C3CC(C1=O)C1C4C(=Nc5ncnn51)c1c(OP(=O)(O)OP(=O)(O)OP(=O)(O)O)c5c(c(CC=C(C)C)c1OC432)OC(C)(CCC=C(C)C)C=C5. The number of allylic oxidation sites excluding steroid dienone is 4. The smallest absolute Gasteiger partial charge is 0.482 e. The molecule has 4 aliphatic heterocycles. The topological polar surface area (TPSA) is 274 Å². The van der Waals surface area contributed by atoms with E-state index in [1.54, 1.807) is 29.8 Å². The van der Waals surface area contributed by atoms with E-state index in [2.05, 4.69) is 24.8 Å². The maximum atomic E-state index is 15.4. The molecule has 4 bridgehead atoms. The fourth-order valence-electron chi connectivity index (χ4n) is 10.5. The first kappa shape index (κ1) is 46.5. The van der Waals surface area contributed by atoms with Gasteiger partial charge in [-0.25, -0.2) is 28.2 Å². The summed E-state index contributed by atoms with van der Waals surface area (Å²) in [6.07, 6.45) is 11.6. The van der Waals surface area contributed by atoms with Crippen molar-refractivity contribution in [2.24, 2.45) is 22.7 Å². The largest absolute Gasteiger partial charge is 0.536 e. The molecular weight excluding hydrogens is 897 g/mol. The summed E-state index contributed by atoms with van der Waals surface area (Å²) in [5.74, 6) is -3.34. The summed E-state index contributed by atoms with van der Waals surface area (Å²) in [6, 6.07) is -0.792. The number of Topliss-reactive ketones (excluding diaryl/α,β-unsaturated/α-hetero) is 1. The molecule has 1 aromatic heterocycles. The van der Waals surface area contributed by atoms with Crippen LogP contribution in [0.15, 0.2) is 52.3 Å². The Balaban J connectivity index is 1.45. The molecule has 1 aromatic carbocycles. The number of phosphoric acid groups is 3. The van der Waals surface area contributed by atoms with Gasteiger partial charge in [0.1, 0.15) is 23.4 Å². The van der Waals surface area contributed by atoms with Crippen LogP contribution in [0.25, 0.3) is 6.08 Å². The Kier molecular flexibility index (Phi) is 11.3. The van der Waals surface area contributed by atoms with Gasteiger partial charge in [-0.05, 0) is 93.2 Å². The van der Waals surface area contributed by atoms with Crippen LogP contribution in [0, 0.1) is 17.8 Å². The van der Waals surface area contributed by atoms with Crippen LogP contribution in [0.5, 0.6) is 17.2 Å². The number of methoxy groups -OCH3 is 1. The van der Waals surface area contributed by atoms with Gasteiger partial charge in [0.25, 0.3) is 0 Å². The maximum Gasteiger partial charge on any atom is 0.536 e. The Labute approximate surface area is 368 Å². The van der Waals surface area contributed by atoms with Crippen molar-refractivity contribution in [3.8, 4) is 17.2 Å². The number of carbonyl (C=O) groups excluding carboxylic acids is 2. The fraction of sp³-hybridized carbons (Fsp3) is 0.537. The van der Waals surface area contributed by atoms with E-state index in [9.17, 15) is 38.1 Å². The zero-order valence-corrected chi connectivity index (χ0v) is 39.3. The van der Waals surface area contributed by atoms with Gasteiger partial charge in [-0.1, -0.05) is 29.4 Å². The van der Waals surface area contributed by atoms with Gasteiger partial charge < -0.3 is 38.2 Å². The predicted octanol–water partition coefficient (Wildman–Crippen LogP) is 7.10. The molecule has 1 spiro atoms. The zero-order chi connectivity index (χ0) is 46.7. The van der Waals surface area contributed by atoms with E-state index >= 15 is 4.79 Å². The molecule has 1 saturated heterocycles. The summed E-state index contributed by atoms with van der Waals surface area (Å²) in [6.45, 7) is 14.9. The molecule has 3 saturated carbocycles. The maximum absolute atomic E-state index is 15.4. The lowest BCUT2D eigenvalue weighted by atomic mass is 9.44. The average Bonchev–Trinajstić information content (AvgIpc) is 3.69. The predicted molar refractivity (Wildman–Crippen MR) is 228 cm³/mol. The molecule has 64 heavy (non-hydrogen) atoms. The molecule has 20 nitrogen and oxygen atoms in total. The van der Waals surface area contributed by atoms with Crippen molar-refractivity contribution in [1.29, 1.82) is 0 Å². The van der Waals surface area contributed by atoms with Gasteiger partial charge in [0, 0.05) is 29.4 Å². The Bertz CT molecular complexity index is 2670. The number of hydrogen-bond acceptors (Lipinski definition) is 15. The minimum atomic E-state index is -6.00. The van der Waals surface area contributed by atoms with Crippen molar-refractivity contribution in [3.05, 3.63) is 64.0 Å². The number of ketones is 1. The van der Waals surface area contributed by atoms with Crippen LogP contribution in [0.4, 0.5) is 5.95 Å². The van der Waals surface area contributed by atoms with Crippen molar-refractivity contribution < 1.29 is 75.0 Å². The van der Waals surface area contributed by atoms with Crippen molar-refractivity contribution in [3.63, 3.8) is 0 Å². The van der Waals surface area contributed by atoms with Crippen molar-refractivity contribution >= 4 is 53.0 Å². The Morgan fingerprint density at radius 3 is 2.33 bits per heavy atom. The molecule has 4 N–H and O–H groups in total. The monoisotopic (exact) mass is 948 g/mol. The molecule has 7 aliphatic rings. The van der Waals surface area contributed by atoms with Crippen LogP contribution < -0.4 is 14.0 Å². The second-order valence-corrected chi connectivity index (χ2v) is 22.6. The number of esters is 1. The van der Waals surface area contributed by atoms with Crippen LogP contribution >= 0.6 is 23.5 Å². The van der Waals surface area contributed by atoms with Crippen LogP contribution in [0.1, 0.15) is 104 Å². The first-order valence-electron chi connectivity index (χ1n) is 20.6. The highest BCUT2D eigenvalue weighted by Gasteiger charge is 2.86. The number of hydrogen-bond donors (Lipinski definition) is 4. The molecular formula is C41H51N4O16P3. The summed E-state index contributed by atoms with van der Waals surface area (Å²) in [5, 5.41) is 4.51. The van der Waals surface area contributed by atoms with Crippen molar-refractivity contribution in [1.82, 2.24) is 14.8 Å². The summed E-state index contributed by atoms with van der Waals surface area (Å²) in [7, 11) is -16.4. The van der Waals surface area contributed by atoms with Crippen molar-refractivity contribution in [2.75, 3.05) is 7.11 Å². The van der Waals surface area contributed by atoms with Gasteiger partial charge in [-0.3, -0.25) is 9.69 Å². The highest BCUT2D eigenvalue weighted by atomic mass is 31.3. The van der Waals surface area contributed by atoms with Gasteiger partial charge in [0.05, 0.1) is 41.5 Å². The van der Waals surface area contributed by atoms with Gasteiger partial charge in [-0.15, -0.1) is 0 Å². The van der Waals surface area contributed by atoms with E-state index in [0.717, 1.165) is 11.1 Å². The molecule has 4 fully saturated rings. The van der Waals surface area contributed by atoms with E-state index in [0.29, 0.717) is 24.8 Å². The normalized spacial score (nSPS) is 30.8. The van der Waals surface area contributed by atoms with E-state index in [-0.39, 0.29) is 58.5 Å². The quantitative estimate of drug-likeness (QED) is 0.0636. The van der Waals surface area contributed by atoms with Gasteiger partial charge in [0.2, 0.25) is 5.95 Å². The summed E-state index contributed by atoms with van der Waals surface area (Å²) < 4.78 is 80.6. The number of benzene rings is 1. The summed E-state index contributed by atoms with van der Waals surface area (Å²) >= 11 is 0. The number of rotatable bonds is 14. The number of phosphoric ester groups is 1. The average molecular weight is 949 g/mol. The number of ether oxygens (including phenoxy) is 4. The van der Waals surface area contributed by atoms with Crippen LogP contribution in [-0.4, -0.2) is 81.3 Å². The van der Waals surface area contributed by atoms with Gasteiger partial charge in [0.15, 0.2) is 22.7 Å². The third-order valence-corrected chi connectivity index (χ3v) is 16.6. The van der Waals surface area contributed by atoms with Crippen LogP contribution in [-0.2, 0) is 47.8 Å². The third kappa shape index (κ3) is 7.53. The Morgan fingerprint density at radius 1 is 0.969 bits per heavy atom. The first-order chi connectivity index (χ1) is 29.7. The second kappa shape index (κ2) is 15.5. The number of aliphatic imine (C=N–C) groups is 1. The standard InChI is InChI=1S/C41H51N4O16P3/c1-21(2)11-10-16-39(8)17-15-25-32(56-39)24(13-12-22(3)4)33-28(34(25)58-63(51,52)61-64(53,54)60-62(48,49)50)30-29-31(45-37(44-30)42-20-43-45)26-19-27-38(6,7)59-40(35(26)46,41(27,29)57-33)18-14-23(5)36(47)55-9/h11-12,14-15,17,20,26-27,29,31H,10,13,16,18-19H2,1-9H3,(H,51,52)(H,53,54)(H2,48,49,50). The van der Waals surface area contributed by atoms with Gasteiger partial charge in [-0.2, -0.15) is 18.7 Å². The molecule has 2 aromatic rings. The lowest BCUT2D eigenvalue weighted by Gasteiger charge is -2.64. The number of aromatic nitrogens is 3. The van der Waals surface area contributed by atoms with E-state index < -0.39 is 81.4 Å². The Hall–Kier alpha value is -4.06. The highest BCUT2D eigenvalue weighted by molar-refractivity contribution is 7.66. The highest BCUT2D eigenvalue weighted by Crippen LogP contribution is 2.74. The molecule has 346 valence electrons. The molecule has 9 rings (SSSR count). The minimum absolute atomic E-state index is 0.0117. The second-order valence-electron chi connectivity index (χ2n) is 18.2. The van der Waals surface area contributed by atoms with Crippen molar-refractivity contribution in [2.45, 2.75) is 116 Å². The number of nitrogens with zero attached hydrogens (tertiary/aromatic N) is 4. The number of fused-ring (bicyclic) bond motifs is 4. The first-order valence-corrected chi connectivity index (χ1v) is 25.1. The zero-order valence-electron chi connectivity index (χ0n) is 36.6. The fourth-order valence-corrected chi connectivity index (χ4v) is 13.6. The van der Waals surface area contributed by atoms with Gasteiger partial charge >= 0.3 is 29.4 Å². The number of carbonyl (C=O) groups is 2. The summed E-state index contributed by atoms with van der Waals surface area (Å²) in [4.78, 5) is 77.8. The lowest BCUT2D eigenvalue weighted by molar-refractivity contribution is -0.207. The van der Waals surface area contributed by atoms with E-state index in [1.807, 2.05) is 54.5 Å². The minimum Gasteiger partial charge on any atom is -0.482 e. The summed E-state index contributed by atoms with van der Waals surface area (Å²) in [5.41, 5.74) is -2.49.